The van der Waals surface area contributed by atoms with Crippen LogP contribution < -0.4 is 5.73 Å². The lowest BCUT2D eigenvalue weighted by molar-refractivity contribution is 0.0696. The average molecular weight is 192 g/mol. The Morgan fingerprint density at radius 2 is 2.43 bits per heavy atom. The standard InChI is InChI=1S/C10H12N2O2/c11-6-2-1-5-9-8(10(13)14)4-3-7-12-9/h1,3-5,7H,2,6,11H2,(H,13,14). The number of carbonyl (C=O) groups is 1. The van der Waals surface area contributed by atoms with Gasteiger partial charge < -0.3 is 10.8 Å². The molecule has 4 heteroatoms. The van der Waals surface area contributed by atoms with Crippen molar-refractivity contribution in [1.82, 2.24) is 4.98 Å². The number of hydrogen-bond donors (Lipinski definition) is 2. The highest BCUT2D eigenvalue weighted by Crippen LogP contribution is 2.07. The lowest BCUT2D eigenvalue weighted by Gasteiger charge is -1.98. The van der Waals surface area contributed by atoms with E-state index >= 15 is 0 Å². The summed E-state index contributed by atoms with van der Waals surface area (Å²) in [5, 5.41) is 8.82. The lowest BCUT2D eigenvalue weighted by Crippen LogP contribution is -2.01. The summed E-state index contributed by atoms with van der Waals surface area (Å²) in [4.78, 5) is 14.7. The summed E-state index contributed by atoms with van der Waals surface area (Å²) in [7, 11) is 0. The third-order valence-electron chi connectivity index (χ3n) is 1.68. The van der Waals surface area contributed by atoms with Crippen LogP contribution in [0.25, 0.3) is 6.08 Å². The van der Waals surface area contributed by atoms with Gasteiger partial charge in [0.2, 0.25) is 0 Å². The number of hydrogen-bond acceptors (Lipinski definition) is 3. The molecule has 1 rings (SSSR count). The van der Waals surface area contributed by atoms with Gasteiger partial charge in [0.25, 0.3) is 0 Å². The van der Waals surface area contributed by atoms with Gasteiger partial charge in [-0.15, -0.1) is 0 Å². The molecule has 0 spiro atoms. The monoisotopic (exact) mass is 192 g/mol. The van der Waals surface area contributed by atoms with Gasteiger partial charge in [0.15, 0.2) is 0 Å². The molecule has 1 aromatic heterocycles. The predicted molar refractivity (Wildman–Crippen MR) is 53.9 cm³/mol. The van der Waals surface area contributed by atoms with Crippen LogP contribution >= 0.6 is 0 Å². The van der Waals surface area contributed by atoms with Gasteiger partial charge in [0.1, 0.15) is 0 Å². The molecule has 1 heterocycles. The van der Waals surface area contributed by atoms with Crippen LogP contribution in [0.5, 0.6) is 0 Å². The number of carboxylic acid groups (broad SMARTS) is 1. The molecule has 3 N–H and O–H groups in total. The molecule has 14 heavy (non-hydrogen) atoms. The minimum atomic E-state index is -0.967. The van der Waals surface area contributed by atoms with Crippen molar-refractivity contribution in [2.75, 3.05) is 6.54 Å². The molecule has 0 radical (unpaired) electrons. The Morgan fingerprint density at radius 3 is 3.07 bits per heavy atom. The van der Waals surface area contributed by atoms with Crippen molar-refractivity contribution in [2.24, 2.45) is 5.73 Å². The van der Waals surface area contributed by atoms with E-state index in [9.17, 15) is 4.79 Å². The largest absolute Gasteiger partial charge is 0.478 e. The number of aromatic carboxylic acids is 1. The zero-order chi connectivity index (χ0) is 10.4. The fraction of sp³-hybridized carbons (Fsp3) is 0.200. The van der Waals surface area contributed by atoms with Crippen molar-refractivity contribution >= 4 is 12.0 Å². The van der Waals surface area contributed by atoms with E-state index in [0.29, 0.717) is 12.2 Å². The van der Waals surface area contributed by atoms with Gasteiger partial charge in [-0.2, -0.15) is 0 Å². The summed E-state index contributed by atoms with van der Waals surface area (Å²) in [6.45, 7) is 0.547. The van der Waals surface area contributed by atoms with Gasteiger partial charge in [-0.25, -0.2) is 4.79 Å². The van der Waals surface area contributed by atoms with Crippen molar-refractivity contribution < 1.29 is 9.90 Å². The summed E-state index contributed by atoms with van der Waals surface area (Å²) < 4.78 is 0. The van der Waals surface area contributed by atoms with Gasteiger partial charge in [-0.05, 0) is 31.2 Å². The Hall–Kier alpha value is -1.68. The molecule has 0 saturated heterocycles. The lowest BCUT2D eigenvalue weighted by atomic mass is 10.2. The first-order chi connectivity index (χ1) is 6.75. The first-order valence-corrected chi connectivity index (χ1v) is 4.30. The second kappa shape index (κ2) is 5.14. The number of pyridine rings is 1. The predicted octanol–water partition coefficient (Wildman–Crippen LogP) is 1.14. The highest BCUT2D eigenvalue weighted by Gasteiger charge is 2.06. The topological polar surface area (TPSA) is 76.2 Å². The molecule has 0 bridgehead atoms. The van der Waals surface area contributed by atoms with Crippen molar-refractivity contribution in [3.05, 3.63) is 35.7 Å². The van der Waals surface area contributed by atoms with Gasteiger partial charge in [-0.3, -0.25) is 4.98 Å². The van der Waals surface area contributed by atoms with Crippen LogP contribution in [-0.2, 0) is 0 Å². The Bertz CT molecular complexity index is 348. The first-order valence-electron chi connectivity index (χ1n) is 4.30. The maximum atomic E-state index is 10.8. The van der Waals surface area contributed by atoms with Crippen LogP contribution in [0.1, 0.15) is 22.5 Å². The molecule has 74 valence electrons. The molecule has 0 fully saturated rings. The highest BCUT2D eigenvalue weighted by atomic mass is 16.4. The van der Waals surface area contributed by atoms with Crippen LogP contribution in [-0.4, -0.2) is 22.6 Å². The number of rotatable bonds is 4. The number of nitrogens with two attached hydrogens (primary N) is 1. The van der Waals surface area contributed by atoms with E-state index in [2.05, 4.69) is 4.98 Å². The van der Waals surface area contributed by atoms with Crippen LogP contribution in [0.15, 0.2) is 24.4 Å². The fourth-order valence-electron chi connectivity index (χ4n) is 1.02. The molecular weight excluding hydrogens is 180 g/mol. The maximum absolute atomic E-state index is 10.8. The van der Waals surface area contributed by atoms with Gasteiger partial charge in [-0.1, -0.05) is 6.08 Å². The Morgan fingerprint density at radius 1 is 1.64 bits per heavy atom. The molecule has 1 aromatic rings. The van der Waals surface area contributed by atoms with Crippen molar-refractivity contribution in [3.8, 4) is 0 Å². The average Bonchev–Trinajstić information content (AvgIpc) is 2.19. The van der Waals surface area contributed by atoms with Crippen molar-refractivity contribution in [3.63, 3.8) is 0 Å². The van der Waals surface area contributed by atoms with E-state index < -0.39 is 5.97 Å². The van der Waals surface area contributed by atoms with Crippen molar-refractivity contribution in [1.29, 1.82) is 0 Å². The summed E-state index contributed by atoms with van der Waals surface area (Å²) >= 11 is 0. The van der Waals surface area contributed by atoms with Crippen LogP contribution in [0.4, 0.5) is 0 Å². The zero-order valence-electron chi connectivity index (χ0n) is 7.68. The minimum absolute atomic E-state index is 0.209. The number of aromatic nitrogens is 1. The van der Waals surface area contributed by atoms with E-state index in [1.54, 1.807) is 18.3 Å². The molecular formula is C10H12N2O2. The molecule has 0 aliphatic rings. The van der Waals surface area contributed by atoms with Gasteiger partial charge in [0.05, 0.1) is 11.3 Å². The van der Waals surface area contributed by atoms with Crippen molar-refractivity contribution in [2.45, 2.75) is 6.42 Å². The quantitative estimate of drug-likeness (QED) is 0.750. The second-order valence-corrected chi connectivity index (χ2v) is 2.72. The molecule has 0 aliphatic carbocycles. The summed E-state index contributed by atoms with van der Waals surface area (Å²) in [5.41, 5.74) is 5.98. The fourth-order valence-corrected chi connectivity index (χ4v) is 1.02. The SMILES string of the molecule is NCCC=Cc1ncccc1C(=O)O. The highest BCUT2D eigenvalue weighted by molar-refractivity contribution is 5.91. The molecule has 0 unspecified atom stereocenters. The van der Waals surface area contributed by atoms with Gasteiger partial charge >= 0.3 is 5.97 Å². The number of nitrogens with zero attached hydrogens (tertiary/aromatic N) is 1. The van der Waals surface area contributed by atoms with E-state index in [-0.39, 0.29) is 5.56 Å². The van der Waals surface area contributed by atoms with Crippen LogP contribution in [0.3, 0.4) is 0 Å². The normalized spacial score (nSPS) is 10.6. The summed E-state index contributed by atoms with van der Waals surface area (Å²) in [6.07, 6.45) is 5.77. The third kappa shape index (κ3) is 2.67. The Balaban J connectivity index is 2.90. The zero-order valence-corrected chi connectivity index (χ0v) is 7.68. The minimum Gasteiger partial charge on any atom is -0.478 e. The number of carboxylic acids is 1. The van der Waals surface area contributed by atoms with Crippen LogP contribution in [0.2, 0.25) is 0 Å². The second-order valence-electron chi connectivity index (χ2n) is 2.72. The van der Waals surface area contributed by atoms with Gasteiger partial charge in [0, 0.05) is 6.20 Å². The van der Waals surface area contributed by atoms with E-state index in [1.165, 1.54) is 6.07 Å². The first kappa shape index (κ1) is 10.4. The van der Waals surface area contributed by atoms with E-state index in [4.69, 9.17) is 10.8 Å². The van der Waals surface area contributed by atoms with E-state index in [1.807, 2.05) is 6.08 Å². The third-order valence-corrected chi connectivity index (χ3v) is 1.68. The molecule has 0 atom stereocenters. The Labute approximate surface area is 82.1 Å². The molecule has 0 aliphatic heterocycles. The van der Waals surface area contributed by atoms with E-state index in [0.717, 1.165) is 6.42 Å². The summed E-state index contributed by atoms with van der Waals surface area (Å²) in [6, 6.07) is 3.13. The smallest absolute Gasteiger partial charge is 0.337 e. The maximum Gasteiger partial charge on any atom is 0.337 e. The molecule has 0 amide bonds. The molecule has 0 aromatic carbocycles. The molecule has 0 saturated carbocycles. The Kier molecular flexibility index (Phi) is 3.82. The molecule has 4 nitrogen and oxygen atoms in total. The summed E-state index contributed by atoms with van der Waals surface area (Å²) in [5.74, 6) is -0.967. The van der Waals surface area contributed by atoms with Crippen LogP contribution in [0, 0.1) is 0 Å².